The monoisotopic (exact) mass is 549 g/mol. The van der Waals surface area contributed by atoms with E-state index in [0.29, 0.717) is 33.1 Å². The van der Waals surface area contributed by atoms with Crippen LogP contribution in [-0.4, -0.2) is 29.0 Å². The second-order valence-electron chi connectivity index (χ2n) is 8.90. The Labute approximate surface area is 235 Å². The average Bonchev–Trinajstić information content (AvgIpc) is 2.97. The lowest BCUT2D eigenvalue weighted by Crippen LogP contribution is -2.20. The maximum Gasteiger partial charge on any atom is 0.336 e. The van der Waals surface area contributed by atoms with Gasteiger partial charge in [-0.3, -0.25) is 4.79 Å². The summed E-state index contributed by atoms with van der Waals surface area (Å²) in [5, 5.41) is 5.57. The van der Waals surface area contributed by atoms with Crippen molar-refractivity contribution in [2.45, 2.75) is 6.92 Å². The van der Waals surface area contributed by atoms with Gasteiger partial charge >= 0.3 is 5.97 Å². The first-order chi connectivity index (χ1) is 19.4. The van der Waals surface area contributed by atoms with E-state index >= 15 is 0 Å². The van der Waals surface area contributed by atoms with Gasteiger partial charge in [-0.05, 0) is 66.6 Å². The highest BCUT2D eigenvalue weighted by molar-refractivity contribution is 6.30. The molecule has 0 aliphatic rings. The standard InChI is InChI=1S/C32H24ClN3O4/c1-21-7-13-24(14-8-21)31-35-27-6-4-3-5-26(27)32(38)36(31)34-20-23-11-17-28(29(19-23)39-2)40-30(37)18-12-22-9-15-25(33)16-10-22/h3-20H,1-2H3/b18-12+,34-20?. The highest BCUT2D eigenvalue weighted by atomic mass is 35.5. The molecule has 0 atom stereocenters. The van der Waals surface area contributed by atoms with E-state index < -0.39 is 5.97 Å². The summed E-state index contributed by atoms with van der Waals surface area (Å²) in [5.41, 5.74) is 3.59. The zero-order valence-electron chi connectivity index (χ0n) is 21.7. The lowest BCUT2D eigenvalue weighted by molar-refractivity contribution is -0.129. The van der Waals surface area contributed by atoms with Gasteiger partial charge in [-0.25, -0.2) is 9.78 Å². The van der Waals surface area contributed by atoms with Crippen LogP contribution in [0.25, 0.3) is 28.4 Å². The van der Waals surface area contributed by atoms with Gasteiger partial charge in [-0.15, -0.1) is 0 Å². The zero-order valence-corrected chi connectivity index (χ0v) is 22.5. The highest BCUT2D eigenvalue weighted by Crippen LogP contribution is 2.28. The lowest BCUT2D eigenvalue weighted by Gasteiger charge is -2.10. The molecule has 0 spiro atoms. The number of hydrogen-bond donors (Lipinski definition) is 0. The van der Waals surface area contributed by atoms with Crippen LogP contribution in [0.5, 0.6) is 11.5 Å². The zero-order chi connectivity index (χ0) is 28.1. The van der Waals surface area contributed by atoms with Gasteiger partial charge < -0.3 is 9.47 Å². The molecule has 1 heterocycles. The number of hydrogen-bond acceptors (Lipinski definition) is 6. The average molecular weight is 550 g/mol. The van der Waals surface area contributed by atoms with Gasteiger partial charge in [-0.1, -0.05) is 65.7 Å². The molecule has 0 unspecified atom stereocenters. The Hall–Kier alpha value is -5.01. The van der Waals surface area contributed by atoms with E-state index in [1.54, 1.807) is 66.7 Å². The second kappa shape index (κ2) is 11.8. The Morgan fingerprint density at radius 2 is 1.65 bits per heavy atom. The molecule has 40 heavy (non-hydrogen) atoms. The normalized spacial score (nSPS) is 11.4. The smallest absolute Gasteiger partial charge is 0.336 e. The summed E-state index contributed by atoms with van der Waals surface area (Å²) < 4.78 is 12.2. The van der Waals surface area contributed by atoms with Gasteiger partial charge in [0.2, 0.25) is 0 Å². The van der Waals surface area contributed by atoms with Crippen LogP contribution in [0.2, 0.25) is 5.02 Å². The first kappa shape index (κ1) is 26.6. The van der Waals surface area contributed by atoms with Crippen molar-refractivity contribution in [1.29, 1.82) is 0 Å². The van der Waals surface area contributed by atoms with Crippen molar-refractivity contribution in [3.05, 3.63) is 129 Å². The molecule has 0 aliphatic heterocycles. The molecule has 5 aromatic rings. The van der Waals surface area contributed by atoms with E-state index in [-0.39, 0.29) is 11.3 Å². The van der Waals surface area contributed by atoms with Gasteiger partial charge in [0.1, 0.15) is 0 Å². The third kappa shape index (κ3) is 6.00. The minimum Gasteiger partial charge on any atom is -0.493 e. The van der Waals surface area contributed by atoms with Crippen LogP contribution in [-0.2, 0) is 4.79 Å². The maximum absolute atomic E-state index is 13.4. The summed E-state index contributed by atoms with van der Waals surface area (Å²) in [4.78, 5) is 30.5. The number of carbonyl (C=O) groups excluding carboxylic acids is 1. The Morgan fingerprint density at radius 1 is 0.925 bits per heavy atom. The molecule has 0 aliphatic carbocycles. The van der Waals surface area contributed by atoms with E-state index in [1.807, 2.05) is 37.3 Å². The quantitative estimate of drug-likeness (QED) is 0.0996. The number of carbonyl (C=O) groups is 1. The summed E-state index contributed by atoms with van der Waals surface area (Å²) in [7, 11) is 1.48. The van der Waals surface area contributed by atoms with Crippen LogP contribution in [0.3, 0.4) is 0 Å². The molecule has 198 valence electrons. The van der Waals surface area contributed by atoms with Crippen LogP contribution in [0.4, 0.5) is 0 Å². The number of nitrogens with zero attached hydrogens (tertiary/aromatic N) is 3. The number of aryl methyl sites for hydroxylation is 1. The van der Waals surface area contributed by atoms with E-state index in [0.717, 1.165) is 16.7 Å². The molecule has 7 nitrogen and oxygen atoms in total. The fourth-order valence-electron chi connectivity index (χ4n) is 3.97. The van der Waals surface area contributed by atoms with E-state index in [1.165, 1.54) is 24.1 Å². The first-order valence-electron chi connectivity index (χ1n) is 12.4. The summed E-state index contributed by atoms with van der Waals surface area (Å²) in [5.74, 6) is 0.436. The maximum atomic E-state index is 13.4. The van der Waals surface area contributed by atoms with Crippen LogP contribution in [0, 0.1) is 6.92 Å². The summed E-state index contributed by atoms with van der Waals surface area (Å²) in [6, 6.07) is 26.9. The molecule has 0 fully saturated rings. The molecular weight excluding hydrogens is 526 g/mol. The number of aromatic nitrogens is 2. The second-order valence-corrected chi connectivity index (χ2v) is 9.33. The SMILES string of the molecule is COc1cc(C=Nn2c(-c3ccc(C)cc3)nc3ccccc3c2=O)ccc1OC(=O)/C=C/c1ccc(Cl)cc1. The summed E-state index contributed by atoms with van der Waals surface area (Å²) >= 11 is 5.90. The van der Waals surface area contributed by atoms with Crippen molar-refractivity contribution in [2.75, 3.05) is 7.11 Å². The molecule has 5 rings (SSSR count). The Balaban J connectivity index is 1.43. The number of rotatable bonds is 7. The molecule has 1 aromatic heterocycles. The van der Waals surface area contributed by atoms with Crippen molar-refractivity contribution in [3.8, 4) is 22.9 Å². The molecule has 0 amide bonds. The van der Waals surface area contributed by atoms with E-state index in [2.05, 4.69) is 5.10 Å². The topological polar surface area (TPSA) is 82.8 Å². The lowest BCUT2D eigenvalue weighted by atomic mass is 10.1. The fourth-order valence-corrected chi connectivity index (χ4v) is 4.10. The van der Waals surface area contributed by atoms with Crippen molar-refractivity contribution in [2.24, 2.45) is 5.10 Å². The number of benzene rings is 4. The first-order valence-corrected chi connectivity index (χ1v) is 12.8. The summed E-state index contributed by atoms with van der Waals surface area (Å²) in [6.07, 6.45) is 4.49. The van der Waals surface area contributed by atoms with Crippen molar-refractivity contribution < 1.29 is 14.3 Å². The van der Waals surface area contributed by atoms with E-state index in [4.69, 9.17) is 26.1 Å². The van der Waals surface area contributed by atoms with Gasteiger partial charge in [0, 0.05) is 16.7 Å². The Bertz CT molecular complexity index is 1810. The minimum atomic E-state index is -0.564. The van der Waals surface area contributed by atoms with Crippen LogP contribution in [0.15, 0.2) is 107 Å². The molecule has 8 heteroatoms. The van der Waals surface area contributed by atoms with Crippen molar-refractivity contribution in [3.63, 3.8) is 0 Å². The highest BCUT2D eigenvalue weighted by Gasteiger charge is 2.13. The van der Waals surface area contributed by atoms with Crippen LogP contribution < -0.4 is 15.0 Å². The van der Waals surface area contributed by atoms with Crippen molar-refractivity contribution in [1.82, 2.24) is 9.66 Å². The van der Waals surface area contributed by atoms with Crippen LogP contribution >= 0.6 is 11.6 Å². The minimum absolute atomic E-state index is 0.246. The molecular formula is C32H24ClN3O4. The van der Waals surface area contributed by atoms with Gasteiger partial charge in [0.25, 0.3) is 5.56 Å². The molecule has 0 radical (unpaired) electrons. The third-order valence-corrected chi connectivity index (χ3v) is 6.32. The molecule has 0 bridgehead atoms. The number of para-hydroxylation sites is 1. The molecule has 0 saturated carbocycles. The number of fused-ring (bicyclic) bond motifs is 1. The Kier molecular flexibility index (Phi) is 7.84. The predicted molar refractivity (Wildman–Crippen MR) is 158 cm³/mol. The largest absolute Gasteiger partial charge is 0.493 e. The molecule has 4 aromatic carbocycles. The third-order valence-electron chi connectivity index (χ3n) is 6.07. The number of esters is 1. The van der Waals surface area contributed by atoms with Gasteiger partial charge in [0.05, 0.1) is 24.2 Å². The predicted octanol–water partition coefficient (Wildman–Crippen LogP) is 6.53. The van der Waals surface area contributed by atoms with Gasteiger partial charge in [-0.2, -0.15) is 9.78 Å². The van der Waals surface area contributed by atoms with Crippen LogP contribution in [0.1, 0.15) is 16.7 Å². The number of halogens is 1. The molecule has 0 saturated heterocycles. The number of ether oxygens (including phenoxy) is 2. The fraction of sp³-hybridized carbons (Fsp3) is 0.0625. The molecule has 0 N–H and O–H groups in total. The Morgan fingerprint density at radius 3 is 2.40 bits per heavy atom. The van der Waals surface area contributed by atoms with Gasteiger partial charge in [0.15, 0.2) is 17.3 Å². The number of methoxy groups -OCH3 is 1. The van der Waals surface area contributed by atoms with Crippen molar-refractivity contribution >= 4 is 40.8 Å². The van der Waals surface area contributed by atoms with E-state index in [9.17, 15) is 9.59 Å². The summed E-state index contributed by atoms with van der Waals surface area (Å²) in [6.45, 7) is 1.99.